The third kappa shape index (κ3) is 3.79. The highest BCUT2D eigenvalue weighted by molar-refractivity contribution is 6.33. The molecule has 0 bridgehead atoms. The number of nitrogens with zero attached hydrogens (tertiary/aromatic N) is 4. The van der Waals surface area contributed by atoms with E-state index in [9.17, 15) is 4.79 Å². The average Bonchev–Trinajstić information content (AvgIpc) is 3.08. The molecular formula is C18H23ClN4O. The molecule has 1 aromatic carbocycles. The summed E-state index contributed by atoms with van der Waals surface area (Å²) in [6.07, 6.45) is 4.85. The zero-order valence-electron chi connectivity index (χ0n) is 14.0. The van der Waals surface area contributed by atoms with Crippen molar-refractivity contribution in [3.05, 3.63) is 53.1 Å². The largest absolute Gasteiger partial charge is 0.336 e. The van der Waals surface area contributed by atoms with Crippen LogP contribution in [0.4, 0.5) is 0 Å². The Morgan fingerprint density at radius 2 is 1.92 bits per heavy atom. The number of benzene rings is 1. The van der Waals surface area contributed by atoms with Crippen LogP contribution in [0.3, 0.4) is 0 Å². The van der Waals surface area contributed by atoms with Crippen molar-refractivity contribution in [2.24, 2.45) is 0 Å². The van der Waals surface area contributed by atoms with E-state index >= 15 is 0 Å². The summed E-state index contributed by atoms with van der Waals surface area (Å²) in [7, 11) is 0. The van der Waals surface area contributed by atoms with E-state index in [4.69, 9.17) is 11.6 Å². The monoisotopic (exact) mass is 346 g/mol. The van der Waals surface area contributed by atoms with Crippen LogP contribution in [-0.4, -0.2) is 58.0 Å². The smallest absolute Gasteiger partial charge is 0.255 e. The van der Waals surface area contributed by atoms with Gasteiger partial charge in [0.05, 0.1) is 10.6 Å². The van der Waals surface area contributed by atoms with Gasteiger partial charge in [-0.05, 0) is 12.1 Å². The Hall–Kier alpha value is -1.85. The molecule has 2 aromatic rings. The minimum Gasteiger partial charge on any atom is -0.336 e. The second kappa shape index (κ2) is 7.81. The molecule has 0 unspecified atom stereocenters. The Morgan fingerprint density at radius 3 is 2.62 bits per heavy atom. The Morgan fingerprint density at radius 1 is 1.17 bits per heavy atom. The van der Waals surface area contributed by atoms with Crippen molar-refractivity contribution in [1.82, 2.24) is 19.4 Å². The first-order valence-electron chi connectivity index (χ1n) is 8.45. The summed E-state index contributed by atoms with van der Waals surface area (Å²) in [5, 5.41) is 0.525. The normalized spacial score (nSPS) is 15.7. The number of imidazole rings is 1. The van der Waals surface area contributed by atoms with Crippen molar-refractivity contribution < 1.29 is 4.79 Å². The molecule has 3 rings (SSSR count). The molecular weight excluding hydrogens is 324 g/mol. The highest BCUT2D eigenvalue weighted by Crippen LogP contribution is 2.18. The fraction of sp³-hybridized carbons (Fsp3) is 0.444. The molecule has 1 aliphatic heterocycles. The van der Waals surface area contributed by atoms with Crippen LogP contribution in [0.5, 0.6) is 0 Å². The van der Waals surface area contributed by atoms with Crippen molar-refractivity contribution in [2.45, 2.75) is 19.9 Å². The number of aryl methyl sites for hydroxylation is 1. The van der Waals surface area contributed by atoms with E-state index in [0.717, 1.165) is 51.5 Å². The summed E-state index contributed by atoms with van der Waals surface area (Å²) in [6, 6.07) is 7.26. The topological polar surface area (TPSA) is 41.4 Å². The number of carbonyl (C=O) groups excluding carboxylic acids is 1. The fourth-order valence-electron chi connectivity index (χ4n) is 3.09. The molecule has 0 radical (unpaired) electrons. The van der Waals surface area contributed by atoms with Crippen LogP contribution in [0.1, 0.15) is 23.1 Å². The van der Waals surface area contributed by atoms with Crippen LogP contribution in [-0.2, 0) is 13.0 Å². The van der Waals surface area contributed by atoms with E-state index in [-0.39, 0.29) is 5.91 Å². The number of aromatic nitrogens is 2. The molecule has 1 saturated heterocycles. The highest BCUT2D eigenvalue weighted by Gasteiger charge is 2.23. The van der Waals surface area contributed by atoms with E-state index in [0.29, 0.717) is 10.6 Å². The molecule has 0 N–H and O–H groups in total. The molecule has 0 spiro atoms. The minimum atomic E-state index is 0.0307. The van der Waals surface area contributed by atoms with E-state index < -0.39 is 0 Å². The Balaban J connectivity index is 1.51. The van der Waals surface area contributed by atoms with Gasteiger partial charge in [0.15, 0.2) is 0 Å². The van der Waals surface area contributed by atoms with Gasteiger partial charge in [-0.15, -0.1) is 0 Å². The number of piperazine rings is 1. The van der Waals surface area contributed by atoms with Gasteiger partial charge in [0.25, 0.3) is 5.91 Å². The molecule has 1 aliphatic rings. The van der Waals surface area contributed by atoms with Crippen LogP contribution >= 0.6 is 11.6 Å². The lowest BCUT2D eigenvalue weighted by Crippen LogP contribution is -2.49. The number of rotatable bonds is 5. The molecule has 128 valence electrons. The maximum Gasteiger partial charge on any atom is 0.255 e. The Labute approximate surface area is 147 Å². The summed E-state index contributed by atoms with van der Waals surface area (Å²) in [4.78, 5) is 21.2. The summed E-state index contributed by atoms with van der Waals surface area (Å²) in [6.45, 7) is 7.33. The third-order valence-corrected chi connectivity index (χ3v) is 4.87. The first-order valence-corrected chi connectivity index (χ1v) is 8.83. The van der Waals surface area contributed by atoms with Crippen LogP contribution < -0.4 is 0 Å². The number of halogens is 1. The molecule has 0 atom stereocenters. The zero-order valence-corrected chi connectivity index (χ0v) is 14.7. The minimum absolute atomic E-state index is 0.0307. The molecule has 0 saturated carbocycles. The second-order valence-electron chi connectivity index (χ2n) is 6.00. The van der Waals surface area contributed by atoms with Crippen LogP contribution in [0.25, 0.3) is 0 Å². The predicted molar refractivity (Wildman–Crippen MR) is 95.4 cm³/mol. The summed E-state index contributed by atoms with van der Waals surface area (Å²) in [5.74, 6) is 1.16. The highest BCUT2D eigenvalue weighted by atomic mass is 35.5. The Bertz CT molecular complexity index is 692. The predicted octanol–water partition coefficient (Wildman–Crippen LogP) is 2.56. The summed E-state index contributed by atoms with van der Waals surface area (Å²) >= 11 is 6.14. The van der Waals surface area contributed by atoms with Gasteiger partial charge in [0.1, 0.15) is 5.82 Å². The molecule has 24 heavy (non-hydrogen) atoms. The summed E-state index contributed by atoms with van der Waals surface area (Å²) in [5.41, 5.74) is 0.596. The van der Waals surface area contributed by atoms with Gasteiger partial charge >= 0.3 is 0 Å². The van der Waals surface area contributed by atoms with Crippen molar-refractivity contribution in [2.75, 3.05) is 32.7 Å². The zero-order chi connectivity index (χ0) is 16.9. The van der Waals surface area contributed by atoms with Crippen molar-refractivity contribution in [1.29, 1.82) is 0 Å². The van der Waals surface area contributed by atoms with Gasteiger partial charge in [0, 0.05) is 58.1 Å². The van der Waals surface area contributed by atoms with Gasteiger partial charge in [-0.3, -0.25) is 9.69 Å². The molecule has 2 heterocycles. The fourth-order valence-corrected chi connectivity index (χ4v) is 3.30. The van der Waals surface area contributed by atoms with Gasteiger partial charge < -0.3 is 9.47 Å². The molecule has 1 aromatic heterocycles. The van der Waals surface area contributed by atoms with Crippen LogP contribution in [0.15, 0.2) is 36.7 Å². The number of hydrogen-bond acceptors (Lipinski definition) is 3. The van der Waals surface area contributed by atoms with Gasteiger partial charge in [-0.1, -0.05) is 30.7 Å². The third-order valence-electron chi connectivity index (χ3n) is 4.54. The van der Waals surface area contributed by atoms with Gasteiger partial charge in [-0.25, -0.2) is 4.98 Å². The maximum absolute atomic E-state index is 12.6. The molecule has 1 fully saturated rings. The van der Waals surface area contributed by atoms with E-state index in [1.165, 1.54) is 0 Å². The first kappa shape index (κ1) is 17.0. The van der Waals surface area contributed by atoms with Gasteiger partial charge in [0.2, 0.25) is 0 Å². The lowest BCUT2D eigenvalue weighted by molar-refractivity contribution is 0.0633. The number of hydrogen-bond donors (Lipinski definition) is 0. The number of amides is 1. The second-order valence-corrected chi connectivity index (χ2v) is 6.41. The lowest BCUT2D eigenvalue weighted by Gasteiger charge is -2.35. The van der Waals surface area contributed by atoms with Crippen molar-refractivity contribution >= 4 is 17.5 Å². The van der Waals surface area contributed by atoms with E-state index in [1.807, 2.05) is 29.4 Å². The van der Waals surface area contributed by atoms with Crippen molar-refractivity contribution in [3.63, 3.8) is 0 Å². The SMILES string of the molecule is CCc1nccn1CCN1CCN(C(=O)c2ccccc2Cl)CC1. The van der Waals surface area contributed by atoms with Gasteiger partial charge in [-0.2, -0.15) is 0 Å². The van der Waals surface area contributed by atoms with Crippen molar-refractivity contribution in [3.8, 4) is 0 Å². The maximum atomic E-state index is 12.6. The standard InChI is InChI=1S/C18H23ClN4O/c1-2-17-20-7-8-22(17)12-9-21-10-13-23(14-11-21)18(24)15-5-3-4-6-16(15)19/h3-8H,2,9-14H2,1H3. The number of carbonyl (C=O) groups is 1. The van der Waals surface area contributed by atoms with Crippen LogP contribution in [0, 0.1) is 0 Å². The van der Waals surface area contributed by atoms with E-state index in [2.05, 4.69) is 21.4 Å². The van der Waals surface area contributed by atoms with Crippen LogP contribution in [0.2, 0.25) is 5.02 Å². The average molecular weight is 347 g/mol. The quantitative estimate of drug-likeness (QED) is 0.835. The molecule has 6 heteroatoms. The summed E-state index contributed by atoms with van der Waals surface area (Å²) < 4.78 is 2.21. The lowest BCUT2D eigenvalue weighted by atomic mass is 10.2. The van der Waals surface area contributed by atoms with E-state index in [1.54, 1.807) is 12.1 Å². The Kier molecular flexibility index (Phi) is 5.53. The molecule has 5 nitrogen and oxygen atoms in total. The molecule has 0 aliphatic carbocycles. The molecule has 1 amide bonds. The first-order chi connectivity index (χ1) is 11.7.